The van der Waals surface area contributed by atoms with E-state index in [0.717, 1.165) is 5.56 Å². The van der Waals surface area contributed by atoms with E-state index >= 15 is 0 Å². The lowest BCUT2D eigenvalue weighted by Crippen LogP contribution is -2.11. The molecule has 0 saturated heterocycles. The fourth-order valence-electron chi connectivity index (χ4n) is 2.40. The van der Waals surface area contributed by atoms with Gasteiger partial charge in [0.2, 0.25) is 0 Å². The number of halogens is 3. The first-order valence-corrected chi connectivity index (χ1v) is 8.55. The number of benzene rings is 2. The van der Waals surface area contributed by atoms with Crippen molar-refractivity contribution in [1.82, 2.24) is 9.97 Å². The van der Waals surface area contributed by atoms with Crippen LogP contribution < -0.4 is 15.0 Å². The Hall–Kier alpha value is -2.21. The van der Waals surface area contributed by atoms with Gasteiger partial charge in [-0.05, 0) is 29.8 Å². The zero-order valence-corrected chi connectivity index (χ0v) is 16.0. The summed E-state index contributed by atoms with van der Waals surface area (Å²) in [4.78, 5) is 19.5. The molecule has 0 saturated carbocycles. The predicted molar refractivity (Wildman–Crippen MR) is 106 cm³/mol. The Morgan fingerprint density at radius 3 is 2.42 bits per heavy atom. The molecule has 134 valence electrons. The minimum absolute atomic E-state index is 0.224. The summed E-state index contributed by atoms with van der Waals surface area (Å²) in [6.45, 7) is 0. The monoisotopic (exact) mass is 410 g/mol. The van der Waals surface area contributed by atoms with Gasteiger partial charge in [0, 0.05) is 6.07 Å². The van der Waals surface area contributed by atoms with E-state index in [-0.39, 0.29) is 16.4 Å². The molecule has 1 heterocycles. The Balaban J connectivity index is 2.11. The fourth-order valence-corrected chi connectivity index (χ4v) is 2.92. The molecule has 2 aromatic carbocycles. The van der Waals surface area contributed by atoms with Gasteiger partial charge in [-0.1, -0.05) is 40.9 Å². The van der Waals surface area contributed by atoms with Crippen molar-refractivity contribution in [3.63, 3.8) is 0 Å². The van der Waals surface area contributed by atoms with Gasteiger partial charge >= 0.3 is 0 Å². The molecular formula is C18H13Cl3N2O3. The third-order valence-corrected chi connectivity index (χ3v) is 4.70. The number of hydrogen-bond donors (Lipinski definition) is 1. The first-order chi connectivity index (χ1) is 12.4. The second kappa shape index (κ2) is 7.58. The molecule has 3 aromatic rings. The number of fused-ring (bicyclic) bond motifs is 1. The van der Waals surface area contributed by atoms with Gasteiger partial charge in [0.15, 0.2) is 17.3 Å². The molecule has 26 heavy (non-hydrogen) atoms. The lowest BCUT2D eigenvalue weighted by atomic mass is 10.2. The second-order valence-electron chi connectivity index (χ2n) is 5.30. The topological polar surface area (TPSA) is 64.2 Å². The van der Waals surface area contributed by atoms with Crippen molar-refractivity contribution in [3.05, 3.63) is 62.1 Å². The maximum atomic E-state index is 12.4. The molecule has 0 spiro atoms. The van der Waals surface area contributed by atoms with E-state index < -0.39 is 0 Å². The van der Waals surface area contributed by atoms with Gasteiger partial charge in [0.1, 0.15) is 0 Å². The number of methoxy groups -OCH3 is 2. The van der Waals surface area contributed by atoms with E-state index in [1.54, 1.807) is 36.4 Å². The van der Waals surface area contributed by atoms with Gasteiger partial charge in [0.25, 0.3) is 5.56 Å². The van der Waals surface area contributed by atoms with Crippen LogP contribution in [0.5, 0.6) is 11.5 Å². The van der Waals surface area contributed by atoms with Crippen molar-refractivity contribution in [1.29, 1.82) is 0 Å². The van der Waals surface area contributed by atoms with Gasteiger partial charge in [-0.25, -0.2) is 4.98 Å². The lowest BCUT2D eigenvalue weighted by molar-refractivity contribution is 0.355. The fraction of sp³-hybridized carbons (Fsp3) is 0.111. The molecule has 5 nitrogen and oxygen atoms in total. The number of rotatable bonds is 4. The summed E-state index contributed by atoms with van der Waals surface area (Å²) in [7, 11) is 3.01. The Morgan fingerprint density at radius 1 is 1.08 bits per heavy atom. The van der Waals surface area contributed by atoms with Crippen LogP contribution in [0.15, 0.2) is 35.1 Å². The zero-order chi connectivity index (χ0) is 18.8. The maximum absolute atomic E-state index is 12.4. The normalized spacial score (nSPS) is 11.7. The number of nitrogens with one attached hydrogen (secondary N) is 1. The number of ether oxygens (including phenoxy) is 2. The van der Waals surface area contributed by atoms with Crippen LogP contribution in [0, 0.1) is 0 Å². The lowest BCUT2D eigenvalue weighted by Gasteiger charge is -2.09. The third kappa shape index (κ3) is 3.65. The highest BCUT2D eigenvalue weighted by Gasteiger charge is 2.12. The standard InChI is InChI=1S/C18H13Cl3N2O3/c1-25-15-7-10-14(8-16(15)26-2)22-17(23-18(10)24)13(21)6-9-3-4-11(19)12(20)5-9/h3-8H,1-2H3,(H,22,23,24)/b13-6-. The molecule has 0 atom stereocenters. The van der Waals surface area contributed by atoms with Crippen molar-refractivity contribution in [2.45, 2.75) is 0 Å². The van der Waals surface area contributed by atoms with E-state index in [0.29, 0.717) is 32.4 Å². The number of aromatic amines is 1. The molecule has 0 aliphatic rings. The van der Waals surface area contributed by atoms with E-state index in [2.05, 4.69) is 9.97 Å². The molecule has 3 rings (SSSR count). The van der Waals surface area contributed by atoms with Crippen LogP contribution in [0.4, 0.5) is 0 Å². The molecule has 0 bridgehead atoms. The highest BCUT2D eigenvalue weighted by Crippen LogP contribution is 2.31. The molecule has 1 aromatic heterocycles. The molecule has 8 heteroatoms. The summed E-state index contributed by atoms with van der Waals surface area (Å²) in [5, 5.41) is 1.46. The smallest absolute Gasteiger partial charge is 0.259 e. The van der Waals surface area contributed by atoms with Crippen LogP contribution in [0.3, 0.4) is 0 Å². The van der Waals surface area contributed by atoms with Crippen molar-refractivity contribution in [2.75, 3.05) is 14.2 Å². The van der Waals surface area contributed by atoms with Crippen LogP contribution in [0.1, 0.15) is 11.4 Å². The van der Waals surface area contributed by atoms with Crippen molar-refractivity contribution in [2.24, 2.45) is 0 Å². The molecule has 0 radical (unpaired) electrons. The van der Waals surface area contributed by atoms with Crippen LogP contribution in [-0.4, -0.2) is 24.2 Å². The molecule has 0 unspecified atom stereocenters. The predicted octanol–water partition coefficient (Wildman–Crippen LogP) is 4.98. The highest BCUT2D eigenvalue weighted by atomic mass is 35.5. The number of aromatic nitrogens is 2. The summed E-state index contributed by atoms with van der Waals surface area (Å²) >= 11 is 18.2. The molecule has 0 amide bonds. The first-order valence-electron chi connectivity index (χ1n) is 7.41. The van der Waals surface area contributed by atoms with Gasteiger partial charge in [-0.2, -0.15) is 0 Å². The molecule has 1 N–H and O–H groups in total. The van der Waals surface area contributed by atoms with Gasteiger partial charge in [0.05, 0.1) is 40.2 Å². The summed E-state index contributed by atoms with van der Waals surface area (Å²) in [5.41, 5.74) is 0.813. The second-order valence-corrected chi connectivity index (χ2v) is 6.53. The molecular weight excluding hydrogens is 399 g/mol. The third-order valence-electron chi connectivity index (χ3n) is 3.67. The highest BCUT2D eigenvalue weighted by molar-refractivity contribution is 6.50. The minimum atomic E-state index is -0.341. The summed E-state index contributed by atoms with van der Waals surface area (Å²) in [6, 6.07) is 8.27. The Bertz CT molecular complexity index is 1080. The van der Waals surface area contributed by atoms with E-state index in [4.69, 9.17) is 44.3 Å². The largest absolute Gasteiger partial charge is 0.493 e. The van der Waals surface area contributed by atoms with E-state index in [1.807, 2.05) is 0 Å². The van der Waals surface area contributed by atoms with Gasteiger partial charge < -0.3 is 14.5 Å². The maximum Gasteiger partial charge on any atom is 0.259 e. The molecule has 0 aliphatic heterocycles. The van der Waals surface area contributed by atoms with Gasteiger partial charge in [-0.15, -0.1) is 0 Å². The summed E-state index contributed by atoms with van der Waals surface area (Å²) < 4.78 is 10.5. The Kier molecular flexibility index (Phi) is 5.41. The van der Waals surface area contributed by atoms with Crippen LogP contribution in [0.25, 0.3) is 22.0 Å². The Labute approximate surface area is 164 Å². The van der Waals surface area contributed by atoms with Crippen molar-refractivity contribution in [3.8, 4) is 11.5 Å². The Morgan fingerprint density at radius 2 is 1.77 bits per heavy atom. The number of nitrogens with zero attached hydrogens (tertiary/aromatic N) is 1. The summed E-state index contributed by atoms with van der Waals surface area (Å²) in [6.07, 6.45) is 1.63. The number of H-pyrrole nitrogens is 1. The van der Waals surface area contributed by atoms with Crippen LogP contribution in [0.2, 0.25) is 10.0 Å². The van der Waals surface area contributed by atoms with Crippen molar-refractivity contribution < 1.29 is 9.47 Å². The average Bonchev–Trinajstić information content (AvgIpc) is 2.63. The molecule has 0 fully saturated rings. The van der Waals surface area contributed by atoms with E-state index in [9.17, 15) is 4.79 Å². The number of hydrogen-bond acceptors (Lipinski definition) is 4. The van der Waals surface area contributed by atoms with Crippen molar-refractivity contribution >= 4 is 56.8 Å². The quantitative estimate of drug-likeness (QED) is 0.657. The SMILES string of the molecule is COc1cc2nc(/C(Cl)=C/c3ccc(Cl)c(Cl)c3)[nH]c(=O)c2cc1OC. The minimum Gasteiger partial charge on any atom is -0.493 e. The first kappa shape index (κ1) is 18.6. The zero-order valence-electron chi connectivity index (χ0n) is 13.8. The molecule has 0 aliphatic carbocycles. The average molecular weight is 412 g/mol. The van der Waals surface area contributed by atoms with Gasteiger partial charge in [-0.3, -0.25) is 4.79 Å². The van der Waals surface area contributed by atoms with E-state index in [1.165, 1.54) is 14.2 Å². The van der Waals surface area contributed by atoms with Crippen LogP contribution in [-0.2, 0) is 0 Å². The summed E-state index contributed by atoms with van der Waals surface area (Å²) in [5.74, 6) is 1.13. The van der Waals surface area contributed by atoms with Crippen LogP contribution >= 0.6 is 34.8 Å².